The fourth-order valence-corrected chi connectivity index (χ4v) is 2.79. The van der Waals surface area contributed by atoms with Crippen LogP contribution in [0, 0.1) is 0 Å². The van der Waals surface area contributed by atoms with E-state index < -0.39 is 0 Å². The lowest BCUT2D eigenvalue weighted by Gasteiger charge is -2.10. The van der Waals surface area contributed by atoms with Crippen LogP contribution in [0.25, 0.3) is 11.3 Å². The molecular formula is C22H23N3O4. The van der Waals surface area contributed by atoms with Crippen molar-refractivity contribution in [2.75, 3.05) is 20.3 Å². The number of nitrogens with zero attached hydrogens (tertiary/aromatic N) is 2. The highest BCUT2D eigenvalue weighted by atomic mass is 16.5. The Morgan fingerprint density at radius 3 is 2.59 bits per heavy atom. The van der Waals surface area contributed by atoms with E-state index in [0.29, 0.717) is 23.6 Å². The summed E-state index contributed by atoms with van der Waals surface area (Å²) in [5.74, 6) is 1.16. The average Bonchev–Trinajstić information content (AvgIpc) is 2.76. The van der Waals surface area contributed by atoms with Crippen molar-refractivity contribution in [1.29, 1.82) is 0 Å². The fourth-order valence-electron chi connectivity index (χ4n) is 2.79. The molecule has 0 unspecified atom stereocenters. The van der Waals surface area contributed by atoms with Crippen LogP contribution in [0.3, 0.4) is 0 Å². The van der Waals surface area contributed by atoms with Gasteiger partial charge in [-0.25, -0.2) is 4.68 Å². The predicted octanol–water partition coefficient (Wildman–Crippen LogP) is 2.75. The van der Waals surface area contributed by atoms with E-state index in [2.05, 4.69) is 10.4 Å². The second kappa shape index (κ2) is 9.54. The Bertz CT molecular complexity index is 1030. The zero-order valence-corrected chi connectivity index (χ0v) is 16.4. The third kappa shape index (κ3) is 5.22. The molecule has 1 heterocycles. The smallest absolute Gasteiger partial charge is 0.266 e. The molecule has 29 heavy (non-hydrogen) atoms. The van der Waals surface area contributed by atoms with Crippen molar-refractivity contribution in [2.45, 2.75) is 13.5 Å². The van der Waals surface area contributed by atoms with Crippen LogP contribution in [-0.2, 0) is 6.54 Å². The molecule has 0 radical (unpaired) electrons. The van der Waals surface area contributed by atoms with E-state index >= 15 is 0 Å². The summed E-state index contributed by atoms with van der Waals surface area (Å²) in [5, 5.41) is 7.20. The van der Waals surface area contributed by atoms with Crippen molar-refractivity contribution in [2.24, 2.45) is 0 Å². The van der Waals surface area contributed by atoms with Gasteiger partial charge in [-0.2, -0.15) is 5.10 Å². The standard InChI is InChI=1S/C22H23N3O4/c1-3-29-18-9-7-16(8-10-18)20-11-12-21(26)25(24-20)14-13-23-22(27)17-5-4-6-19(15-17)28-2/h4-12,15H,3,13-14H2,1-2H3,(H,23,27). The van der Waals surface area contributed by atoms with Gasteiger partial charge in [-0.15, -0.1) is 0 Å². The Hall–Kier alpha value is -3.61. The summed E-state index contributed by atoms with van der Waals surface area (Å²) in [7, 11) is 1.55. The molecule has 0 fully saturated rings. The first-order valence-electron chi connectivity index (χ1n) is 9.34. The minimum atomic E-state index is -0.236. The average molecular weight is 393 g/mol. The number of hydrogen-bond acceptors (Lipinski definition) is 5. The minimum Gasteiger partial charge on any atom is -0.497 e. The lowest BCUT2D eigenvalue weighted by Crippen LogP contribution is -2.31. The van der Waals surface area contributed by atoms with Gasteiger partial charge in [-0.1, -0.05) is 6.07 Å². The molecule has 0 saturated heterocycles. The van der Waals surface area contributed by atoms with Crippen LogP contribution in [0.2, 0.25) is 0 Å². The third-order valence-electron chi connectivity index (χ3n) is 4.27. The molecule has 0 atom stereocenters. The van der Waals surface area contributed by atoms with Crippen molar-refractivity contribution in [1.82, 2.24) is 15.1 Å². The van der Waals surface area contributed by atoms with Gasteiger partial charge in [0.25, 0.3) is 11.5 Å². The Morgan fingerprint density at radius 1 is 1.07 bits per heavy atom. The van der Waals surface area contributed by atoms with Gasteiger partial charge in [0.1, 0.15) is 11.5 Å². The monoisotopic (exact) mass is 393 g/mol. The van der Waals surface area contributed by atoms with Gasteiger partial charge >= 0.3 is 0 Å². The number of aromatic nitrogens is 2. The van der Waals surface area contributed by atoms with Crippen molar-refractivity contribution in [3.63, 3.8) is 0 Å². The third-order valence-corrected chi connectivity index (χ3v) is 4.27. The molecule has 7 heteroatoms. The normalized spacial score (nSPS) is 10.4. The molecule has 1 N–H and O–H groups in total. The molecule has 0 saturated carbocycles. The summed E-state index contributed by atoms with van der Waals surface area (Å²) in [6.45, 7) is 3.07. The highest BCUT2D eigenvalue weighted by Gasteiger charge is 2.08. The first-order valence-corrected chi connectivity index (χ1v) is 9.34. The first-order chi connectivity index (χ1) is 14.1. The zero-order chi connectivity index (χ0) is 20.6. The summed E-state index contributed by atoms with van der Waals surface area (Å²) in [5.41, 5.74) is 1.82. The number of rotatable bonds is 8. The van der Waals surface area contributed by atoms with E-state index in [4.69, 9.17) is 9.47 Å². The lowest BCUT2D eigenvalue weighted by atomic mass is 10.1. The summed E-state index contributed by atoms with van der Waals surface area (Å²) in [6, 6.07) is 17.6. The predicted molar refractivity (Wildman–Crippen MR) is 110 cm³/mol. The molecule has 2 aromatic carbocycles. The zero-order valence-electron chi connectivity index (χ0n) is 16.4. The van der Waals surface area contributed by atoms with E-state index in [1.54, 1.807) is 37.4 Å². The SMILES string of the molecule is CCOc1ccc(-c2ccc(=O)n(CCNC(=O)c3cccc(OC)c3)n2)cc1. The molecule has 7 nitrogen and oxygen atoms in total. The molecule has 0 aliphatic carbocycles. The molecule has 1 aromatic heterocycles. The van der Waals surface area contributed by atoms with E-state index in [9.17, 15) is 9.59 Å². The number of methoxy groups -OCH3 is 1. The topological polar surface area (TPSA) is 82.5 Å². The number of benzene rings is 2. The Labute approximate surface area is 168 Å². The van der Waals surface area contributed by atoms with Gasteiger partial charge < -0.3 is 14.8 Å². The van der Waals surface area contributed by atoms with Crippen LogP contribution >= 0.6 is 0 Å². The fraction of sp³-hybridized carbons (Fsp3) is 0.227. The van der Waals surface area contributed by atoms with Crippen LogP contribution in [-0.4, -0.2) is 35.9 Å². The highest BCUT2D eigenvalue weighted by molar-refractivity contribution is 5.94. The molecule has 0 aliphatic rings. The molecule has 0 aliphatic heterocycles. The largest absolute Gasteiger partial charge is 0.497 e. The van der Waals surface area contributed by atoms with Crippen LogP contribution < -0.4 is 20.3 Å². The molecule has 1 amide bonds. The van der Waals surface area contributed by atoms with E-state index in [1.165, 1.54) is 10.7 Å². The summed E-state index contributed by atoms with van der Waals surface area (Å²) >= 11 is 0. The molecule has 0 spiro atoms. The molecular weight excluding hydrogens is 370 g/mol. The summed E-state index contributed by atoms with van der Waals surface area (Å²) < 4.78 is 11.9. The van der Waals surface area contributed by atoms with E-state index in [-0.39, 0.29) is 24.6 Å². The molecule has 3 aromatic rings. The maximum atomic E-state index is 12.3. The first kappa shape index (κ1) is 20.1. The number of hydrogen-bond donors (Lipinski definition) is 1. The van der Waals surface area contributed by atoms with Crippen LogP contribution in [0.5, 0.6) is 11.5 Å². The van der Waals surface area contributed by atoms with Gasteiger partial charge in [-0.05, 0) is 55.5 Å². The van der Waals surface area contributed by atoms with Gasteiger partial charge in [0.2, 0.25) is 0 Å². The Kier molecular flexibility index (Phi) is 6.63. The van der Waals surface area contributed by atoms with E-state index in [0.717, 1.165) is 11.3 Å². The van der Waals surface area contributed by atoms with Gasteiger partial charge in [0, 0.05) is 23.7 Å². The molecule has 150 valence electrons. The number of carbonyl (C=O) groups excluding carboxylic acids is 1. The summed E-state index contributed by atoms with van der Waals surface area (Å²) in [6.07, 6.45) is 0. The van der Waals surface area contributed by atoms with Crippen LogP contribution in [0.15, 0.2) is 65.5 Å². The number of carbonyl (C=O) groups is 1. The number of nitrogens with one attached hydrogen (secondary N) is 1. The van der Waals surface area contributed by atoms with E-state index in [1.807, 2.05) is 31.2 Å². The van der Waals surface area contributed by atoms with Gasteiger partial charge in [-0.3, -0.25) is 9.59 Å². The van der Waals surface area contributed by atoms with Gasteiger partial charge in [0.05, 0.1) is 26.0 Å². The van der Waals surface area contributed by atoms with Crippen molar-refractivity contribution in [3.05, 3.63) is 76.6 Å². The second-order valence-corrected chi connectivity index (χ2v) is 6.23. The lowest BCUT2D eigenvalue weighted by molar-refractivity contribution is 0.0951. The van der Waals surface area contributed by atoms with Crippen molar-refractivity contribution < 1.29 is 14.3 Å². The highest BCUT2D eigenvalue weighted by Crippen LogP contribution is 2.19. The molecule has 3 rings (SSSR count). The quantitative estimate of drug-likeness (QED) is 0.636. The molecule has 0 bridgehead atoms. The number of amides is 1. The Balaban J connectivity index is 1.65. The summed E-state index contributed by atoms with van der Waals surface area (Å²) in [4.78, 5) is 24.4. The maximum absolute atomic E-state index is 12.3. The van der Waals surface area contributed by atoms with Crippen LogP contribution in [0.4, 0.5) is 0 Å². The second-order valence-electron chi connectivity index (χ2n) is 6.23. The maximum Gasteiger partial charge on any atom is 0.266 e. The van der Waals surface area contributed by atoms with Crippen LogP contribution in [0.1, 0.15) is 17.3 Å². The minimum absolute atomic E-state index is 0.227. The Morgan fingerprint density at radius 2 is 1.86 bits per heavy atom. The number of ether oxygens (including phenoxy) is 2. The van der Waals surface area contributed by atoms with Gasteiger partial charge in [0.15, 0.2) is 0 Å². The van der Waals surface area contributed by atoms with Crippen molar-refractivity contribution >= 4 is 5.91 Å². The van der Waals surface area contributed by atoms with Crippen molar-refractivity contribution in [3.8, 4) is 22.8 Å².